The van der Waals surface area contributed by atoms with Crippen LogP contribution in [0.3, 0.4) is 0 Å². The summed E-state index contributed by atoms with van der Waals surface area (Å²) in [7, 11) is -1.46. The van der Waals surface area contributed by atoms with Crippen molar-refractivity contribution in [3.05, 3.63) is 30.1 Å². The van der Waals surface area contributed by atoms with Crippen LogP contribution in [-0.2, 0) is 19.4 Å². The zero-order valence-electron chi connectivity index (χ0n) is 13.2. The summed E-state index contributed by atoms with van der Waals surface area (Å²) >= 11 is 1.30. The van der Waals surface area contributed by atoms with Crippen LogP contribution in [0, 0.1) is 5.82 Å². The zero-order valence-corrected chi connectivity index (χ0v) is 14.8. The standard InChI is InChI=1S/C15H19FN2O4S2/c1-18(8-14(19)17-12-4-2-3-11(16)7-12)15(20)9-23-13-5-6-24(21,22)10-13/h2-4,7,13H,5-6,8-10H2,1H3,(H,17,19)/t13-/m1/s1. The molecule has 0 aromatic heterocycles. The number of likely N-dealkylation sites (N-methyl/N-ethyl adjacent to an activating group) is 1. The molecule has 0 spiro atoms. The molecule has 1 atom stereocenters. The van der Waals surface area contributed by atoms with Crippen molar-refractivity contribution in [1.29, 1.82) is 0 Å². The molecule has 1 aromatic carbocycles. The van der Waals surface area contributed by atoms with Crippen molar-refractivity contribution in [2.75, 3.05) is 36.2 Å². The minimum Gasteiger partial charge on any atom is -0.336 e. The van der Waals surface area contributed by atoms with Gasteiger partial charge < -0.3 is 10.2 Å². The number of carbonyl (C=O) groups is 2. The first-order valence-corrected chi connectivity index (χ1v) is 10.2. The summed E-state index contributed by atoms with van der Waals surface area (Å²) in [5, 5.41) is 2.46. The molecule has 132 valence electrons. The Morgan fingerprint density at radius 2 is 2.17 bits per heavy atom. The fraction of sp³-hybridized carbons (Fsp3) is 0.467. The second-order valence-corrected chi connectivity index (χ2v) is 9.16. The maximum absolute atomic E-state index is 13.0. The average molecular weight is 374 g/mol. The first kappa shape index (κ1) is 18.7. The van der Waals surface area contributed by atoms with Crippen LogP contribution in [0.25, 0.3) is 0 Å². The highest BCUT2D eigenvalue weighted by atomic mass is 32.2. The smallest absolute Gasteiger partial charge is 0.243 e. The second kappa shape index (κ2) is 7.98. The van der Waals surface area contributed by atoms with Gasteiger partial charge in [0.1, 0.15) is 5.82 Å². The van der Waals surface area contributed by atoms with E-state index < -0.39 is 21.6 Å². The third kappa shape index (κ3) is 5.79. The largest absolute Gasteiger partial charge is 0.336 e. The van der Waals surface area contributed by atoms with Crippen LogP contribution in [0.2, 0.25) is 0 Å². The number of hydrogen-bond acceptors (Lipinski definition) is 5. The fourth-order valence-corrected chi connectivity index (χ4v) is 5.84. The minimum atomic E-state index is -2.96. The highest BCUT2D eigenvalue weighted by molar-refractivity contribution is 8.02. The number of amides is 2. The minimum absolute atomic E-state index is 0.0616. The molecule has 1 aliphatic rings. The van der Waals surface area contributed by atoms with Crippen molar-refractivity contribution in [3.8, 4) is 0 Å². The van der Waals surface area contributed by atoms with E-state index in [1.807, 2.05) is 0 Å². The first-order chi connectivity index (χ1) is 11.2. The number of thioether (sulfide) groups is 1. The van der Waals surface area contributed by atoms with Crippen molar-refractivity contribution < 1.29 is 22.4 Å². The Hall–Kier alpha value is -1.61. The summed E-state index contributed by atoms with van der Waals surface area (Å²) in [6.07, 6.45) is 0.560. The van der Waals surface area contributed by atoms with Gasteiger partial charge in [0.25, 0.3) is 0 Å². The molecule has 2 amide bonds. The third-order valence-electron chi connectivity index (χ3n) is 3.55. The van der Waals surface area contributed by atoms with Gasteiger partial charge in [-0.3, -0.25) is 9.59 Å². The molecule has 6 nitrogen and oxygen atoms in total. The van der Waals surface area contributed by atoms with Crippen molar-refractivity contribution in [3.63, 3.8) is 0 Å². The highest BCUT2D eigenvalue weighted by Crippen LogP contribution is 2.24. The van der Waals surface area contributed by atoms with Gasteiger partial charge in [0.15, 0.2) is 9.84 Å². The van der Waals surface area contributed by atoms with Crippen LogP contribution in [0.4, 0.5) is 10.1 Å². The number of nitrogens with zero attached hydrogens (tertiary/aromatic N) is 1. The number of rotatable bonds is 6. The lowest BCUT2D eigenvalue weighted by Gasteiger charge is -2.17. The molecular weight excluding hydrogens is 355 g/mol. The first-order valence-electron chi connectivity index (χ1n) is 7.36. The molecule has 0 unspecified atom stereocenters. The number of carbonyl (C=O) groups excluding carboxylic acids is 2. The summed E-state index contributed by atoms with van der Waals surface area (Å²) in [5.41, 5.74) is 0.325. The number of benzene rings is 1. The van der Waals surface area contributed by atoms with Gasteiger partial charge >= 0.3 is 0 Å². The Balaban J connectivity index is 1.75. The summed E-state index contributed by atoms with van der Waals surface area (Å²) in [4.78, 5) is 25.2. The summed E-state index contributed by atoms with van der Waals surface area (Å²) < 4.78 is 35.8. The van der Waals surface area contributed by atoms with Gasteiger partial charge in [0, 0.05) is 18.0 Å². The lowest BCUT2D eigenvalue weighted by Crippen LogP contribution is -2.36. The van der Waals surface area contributed by atoms with E-state index in [1.165, 1.54) is 41.9 Å². The number of nitrogens with one attached hydrogen (secondary N) is 1. The Bertz CT molecular complexity index is 724. The van der Waals surface area contributed by atoms with E-state index >= 15 is 0 Å². The maximum atomic E-state index is 13.0. The molecule has 1 saturated heterocycles. The van der Waals surface area contributed by atoms with Crippen LogP contribution < -0.4 is 5.32 Å². The fourth-order valence-electron chi connectivity index (χ4n) is 2.26. The van der Waals surface area contributed by atoms with Crippen molar-refractivity contribution >= 4 is 39.1 Å². The van der Waals surface area contributed by atoms with E-state index in [1.54, 1.807) is 6.07 Å². The van der Waals surface area contributed by atoms with Gasteiger partial charge in [0.05, 0.1) is 23.8 Å². The van der Waals surface area contributed by atoms with Crippen LogP contribution in [0.1, 0.15) is 6.42 Å². The molecule has 1 aromatic rings. The van der Waals surface area contributed by atoms with E-state index in [0.717, 1.165) is 0 Å². The van der Waals surface area contributed by atoms with Crippen LogP contribution in [-0.4, -0.2) is 61.2 Å². The number of hydrogen-bond donors (Lipinski definition) is 1. The third-order valence-corrected chi connectivity index (χ3v) is 6.81. The lowest BCUT2D eigenvalue weighted by molar-refractivity contribution is -0.131. The van der Waals surface area contributed by atoms with E-state index in [4.69, 9.17) is 0 Å². The van der Waals surface area contributed by atoms with Crippen LogP contribution >= 0.6 is 11.8 Å². The molecule has 1 N–H and O–H groups in total. The molecule has 0 bridgehead atoms. The zero-order chi connectivity index (χ0) is 17.7. The van der Waals surface area contributed by atoms with Crippen molar-refractivity contribution in [2.45, 2.75) is 11.7 Å². The Morgan fingerprint density at radius 3 is 2.79 bits per heavy atom. The van der Waals surface area contributed by atoms with E-state index in [0.29, 0.717) is 12.1 Å². The van der Waals surface area contributed by atoms with Gasteiger partial charge in [-0.15, -0.1) is 11.8 Å². The highest BCUT2D eigenvalue weighted by Gasteiger charge is 2.29. The predicted octanol–water partition coefficient (Wildman–Crippen LogP) is 1.14. The molecule has 2 rings (SSSR count). The van der Waals surface area contributed by atoms with Crippen LogP contribution in [0.15, 0.2) is 24.3 Å². The van der Waals surface area contributed by atoms with Gasteiger partial charge in [-0.05, 0) is 24.6 Å². The SMILES string of the molecule is CN(CC(=O)Nc1cccc(F)c1)C(=O)CS[C@@H]1CCS(=O)(=O)C1. The summed E-state index contributed by atoms with van der Waals surface area (Å²) in [6.45, 7) is -0.154. The molecular formula is C15H19FN2O4S2. The maximum Gasteiger partial charge on any atom is 0.243 e. The van der Waals surface area contributed by atoms with Crippen molar-refractivity contribution in [1.82, 2.24) is 4.90 Å². The molecule has 1 aliphatic heterocycles. The Kier molecular flexibility index (Phi) is 6.22. The molecule has 0 saturated carbocycles. The topological polar surface area (TPSA) is 83.6 Å². The average Bonchev–Trinajstić information content (AvgIpc) is 2.83. The van der Waals surface area contributed by atoms with Gasteiger partial charge in [-0.1, -0.05) is 6.07 Å². The van der Waals surface area contributed by atoms with Crippen molar-refractivity contribution in [2.24, 2.45) is 0 Å². The normalized spacial score (nSPS) is 19.0. The molecule has 0 radical (unpaired) electrons. The Morgan fingerprint density at radius 1 is 1.42 bits per heavy atom. The van der Waals surface area contributed by atoms with E-state index in [9.17, 15) is 22.4 Å². The lowest BCUT2D eigenvalue weighted by atomic mass is 10.3. The van der Waals surface area contributed by atoms with Gasteiger partial charge in [-0.2, -0.15) is 0 Å². The molecule has 9 heteroatoms. The van der Waals surface area contributed by atoms with E-state index in [-0.39, 0.29) is 35.0 Å². The predicted molar refractivity (Wildman–Crippen MR) is 92.2 cm³/mol. The second-order valence-electron chi connectivity index (χ2n) is 5.64. The summed E-state index contributed by atoms with van der Waals surface area (Å²) in [6, 6.07) is 5.49. The van der Waals surface area contributed by atoms with Gasteiger partial charge in [0.2, 0.25) is 11.8 Å². The monoisotopic (exact) mass is 374 g/mol. The summed E-state index contributed by atoms with van der Waals surface area (Å²) in [5.74, 6) is -0.729. The Labute approximate surface area is 144 Å². The van der Waals surface area contributed by atoms with Gasteiger partial charge in [-0.25, -0.2) is 12.8 Å². The number of sulfone groups is 1. The quantitative estimate of drug-likeness (QED) is 0.807. The molecule has 1 heterocycles. The van der Waals surface area contributed by atoms with E-state index in [2.05, 4.69) is 5.32 Å². The number of halogens is 1. The molecule has 1 fully saturated rings. The molecule has 0 aliphatic carbocycles. The molecule has 24 heavy (non-hydrogen) atoms. The number of anilines is 1. The van der Waals surface area contributed by atoms with Crippen LogP contribution in [0.5, 0.6) is 0 Å².